The highest BCUT2D eigenvalue weighted by molar-refractivity contribution is 6.33. The molecule has 0 amide bonds. The number of benzene rings is 1. The lowest BCUT2D eigenvalue weighted by Crippen LogP contribution is -2.06. The molecular formula is C14H14ClNO5. The molecule has 0 saturated heterocycles. The Labute approximate surface area is 126 Å². The summed E-state index contributed by atoms with van der Waals surface area (Å²) in [5.74, 6) is 0.0373. The van der Waals surface area contributed by atoms with Crippen LogP contribution in [0.4, 0.5) is 0 Å². The SMILES string of the molecule is COc1cc(-c2cc(C(=O)O)no2)c(Cl)cc1OC(C)C. The van der Waals surface area contributed by atoms with E-state index in [1.54, 1.807) is 12.1 Å². The number of nitrogens with zero attached hydrogens (tertiary/aromatic N) is 1. The van der Waals surface area contributed by atoms with Gasteiger partial charge in [0.05, 0.1) is 18.2 Å². The second-order valence-electron chi connectivity index (χ2n) is 4.53. The number of halogens is 1. The summed E-state index contributed by atoms with van der Waals surface area (Å²) >= 11 is 6.19. The van der Waals surface area contributed by atoms with Crippen LogP contribution in [0.3, 0.4) is 0 Å². The molecule has 0 spiro atoms. The Kier molecular flexibility index (Phi) is 4.37. The fraction of sp³-hybridized carbons (Fsp3) is 0.286. The van der Waals surface area contributed by atoms with Gasteiger partial charge in [-0.1, -0.05) is 16.8 Å². The van der Waals surface area contributed by atoms with Crippen LogP contribution in [0.15, 0.2) is 22.7 Å². The normalized spacial score (nSPS) is 10.7. The number of carboxylic acids is 1. The van der Waals surface area contributed by atoms with E-state index in [4.69, 9.17) is 30.7 Å². The summed E-state index contributed by atoms with van der Waals surface area (Å²) in [5, 5.41) is 12.7. The van der Waals surface area contributed by atoms with E-state index in [2.05, 4.69) is 5.16 Å². The highest BCUT2D eigenvalue weighted by atomic mass is 35.5. The van der Waals surface area contributed by atoms with E-state index in [1.165, 1.54) is 13.2 Å². The van der Waals surface area contributed by atoms with E-state index >= 15 is 0 Å². The van der Waals surface area contributed by atoms with Gasteiger partial charge in [0.25, 0.3) is 0 Å². The number of ether oxygens (including phenoxy) is 2. The van der Waals surface area contributed by atoms with Crippen molar-refractivity contribution in [1.82, 2.24) is 5.16 Å². The first kappa shape index (κ1) is 15.2. The van der Waals surface area contributed by atoms with E-state index < -0.39 is 5.97 Å². The second kappa shape index (κ2) is 6.05. The number of hydrogen-bond acceptors (Lipinski definition) is 5. The van der Waals surface area contributed by atoms with Gasteiger partial charge in [0.15, 0.2) is 23.0 Å². The first-order valence-electron chi connectivity index (χ1n) is 6.17. The average Bonchev–Trinajstić information content (AvgIpc) is 2.88. The smallest absolute Gasteiger partial charge is 0.358 e. The molecule has 0 fully saturated rings. The summed E-state index contributed by atoms with van der Waals surface area (Å²) in [6.07, 6.45) is -0.0373. The number of carbonyl (C=O) groups is 1. The Morgan fingerprint density at radius 1 is 1.33 bits per heavy atom. The van der Waals surface area contributed by atoms with Gasteiger partial charge < -0.3 is 19.1 Å². The van der Waals surface area contributed by atoms with Gasteiger partial charge >= 0.3 is 5.97 Å². The Morgan fingerprint density at radius 3 is 2.57 bits per heavy atom. The van der Waals surface area contributed by atoms with Crippen LogP contribution in [-0.2, 0) is 0 Å². The Balaban J connectivity index is 2.46. The van der Waals surface area contributed by atoms with Crippen molar-refractivity contribution in [2.75, 3.05) is 7.11 Å². The summed E-state index contributed by atoms with van der Waals surface area (Å²) in [4.78, 5) is 10.8. The zero-order valence-corrected chi connectivity index (χ0v) is 12.5. The molecule has 0 atom stereocenters. The summed E-state index contributed by atoms with van der Waals surface area (Å²) in [7, 11) is 1.50. The van der Waals surface area contributed by atoms with Gasteiger partial charge in [-0.2, -0.15) is 0 Å². The zero-order chi connectivity index (χ0) is 15.6. The molecule has 0 aliphatic carbocycles. The van der Waals surface area contributed by atoms with Crippen LogP contribution in [0.25, 0.3) is 11.3 Å². The molecule has 0 saturated carbocycles. The predicted octanol–water partition coefficient (Wildman–Crippen LogP) is 3.49. The highest BCUT2D eigenvalue weighted by Gasteiger charge is 2.18. The molecule has 1 aromatic carbocycles. The third-order valence-electron chi connectivity index (χ3n) is 2.61. The zero-order valence-electron chi connectivity index (χ0n) is 11.7. The monoisotopic (exact) mass is 311 g/mol. The molecule has 112 valence electrons. The molecule has 0 aliphatic rings. The molecule has 1 heterocycles. The van der Waals surface area contributed by atoms with Gasteiger partial charge in [-0.25, -0.2) is 4.79 Å². The maximum Gasteiger partial charge on any atom is 0.358 e. The lowest BCUT2D eigenvalue weighted by Gasteiger charge is -2.15. The van der Waals surface area contributed by atoms with Crippen LogP contribution in [0, 0.1) is 0 Å². The summed E-state index contributed by atoms with van der Waals surface area (Å²) < 4.78 is 15.9. The number of rotatable bonds is 5. The molecule has 2 rings (SSSR count). The fourth-order valence-corrected chi connectivity index (χ4v) is 1.98. The molecule has 2 aromatic rings. The first-order chi connectivity index (χ1) is 9.92. The molecule has 21 heavy (non-hydrogen) atoms. The lowest BCUT2D eigenvalue weighted by molar-refractivity contribution is 0.0686. The third kappa shape index (κ3) is 3.28. The predicted molar refractivity (Wildman–Crippen MR) is 76.2 cm³/mol. The standard InChI is InChI=1S/C14H14ClNO5/c1-7(2)20-13-5-9(15)8(4-12(13)19-3)11-6-10(14(17)18)16-21-11/h4-7H,1-3H3,(H,17,18). The van der Waals surface area contributed by atoms with Crippen LogP contribution < -0.4 is 9.47 Å². The maximum absolute atomic E-state index is 10.8. The maximum atomic E-state index is 10.8. The average molecular weight is 312 g/mol. The molecule has 0 unspecified atom stereocenters. The van der Waals surface area contributed by atoms with Crippen molar-refractivity contribution in [3.05, 3.63) is 28.9 Å². The molecule has 1 aromatic heterocycles. The Hall–Kier alpha value is -2.21. The van der Waals surface area contributed by atoms with E-state index in [0.29, 0.717) is 22.1 Å². The number of carboxylic acid groups (broad SMARTS) is 1. The number of aromatic nitrogens is 1. The van der Waals surface area contributed by atoms with Crippen molar-refractivity contribution in [2.24, 2.45) is 0 Å². The van der Waals surface area contributed by atoms with Crippen molar-refractivity contribution in [2.45, 2.75) is 20.0 Å². The number of hydrogen-bond donors (Lipinski definition) is 1. The van der Waals surface area contributed by atoms with Crippen molar-refractivity contribution in [3.8, 4) is 22.8 Å². The lowest BCUT2D eigenvalue weighted by atomic mass is 10.1. The highest BCUT2D eigenvalue weighted by Crippen LogP contribution is 2.39. The summed E-state index contributed by atoms with van der Waals surface area (Å²) in [6, 6.07) is 4.51. The molecular weight excluding hydrogens is 298 g/mol. The molecule has 0 aliphatic heterocycles. The van der Waals surface area contributed by atoms with Gasteiger partial charge in [0, 0.05) is 17.7 Å². The van der Waals surface area contributed by atoms with Crippen molar-refractivity contribution in [3.63, 3.8) is 0 Å². The van der Waals surface area contributed by atoms with Crippen LogP contribution in [0.5, 0.6) is 11.5 Å². The largest absolute Gasteiger partial charge is 0.493 e. The summed E-state index contributed by atoms with van der Waals surface area (Å²) in [6.45, 7) is 3.77. The van der Waals surface area contributed by atoms with Crippen LogP contribution >= 0.6 is 11.6 Å². The van der Waals surface area contributed by atoms with E-state index in [9.17, 15) is 4.79 Å². The molecule has 0 bridgehead atoms. The Bertz CT molecular complexity index is 665. The third-order valence-corrected chi connectivity index (χ3v) is 2.92. The first-order valence-corrected chi connectivity index (χ1v) is 6.54. The minimum atomic E-state index is -1.17. The minimum Gasteiger partial charge on any atom is -0.493 e. The van der Waals surface area contributed by atoms with Gasteiger partial charge in [0.1, 0.15) is 0 Å². The van der Waals surface area contributed by atoms with Gasteiger partial charge in [-0.15, -0.1) is 0 Å². The summed E-state index contributed by atoms with van der Waals surface area (Å²) in [5.41, 5.74) is 0.284. The van der Waals surface area contributed by atoms with Crippen LogP contribution in [0.1, 0.15) is 24.3 Å². The number of aromatic carboxylic acids is 1. The van der Waals surface area contributed by atoms with E-state index in [0.717, 1.165) is 0 Å². The second-order valence-corrected chi connectivity index (χ2v) is 4.94. The fourth-order valence-electron chi connectivity index (χ4n) is 1.73. The van der Waals surface area contributed by atoms with Crippen molar-refractivity contribution < 1.29 is 23.9 Å². The topological polar surface area (TPSA) is 81.8 Å². The Morgan fingerprint density at radius 2 is 2.05 bits per heavy atom. The molecule has 7 heteroatoms. The quantitative estimate of drug-likeness (QED) is 0.910. The van der Waals surface area contributed by atoms with Gasteiger partial charge in [-0.05, 0) is 19.9 Å². The van der Waals surface area contributed by atoms with E-state index in [-0.39, 0.29) is 17.6 Å². The van der Waals surface area contributed by atoms with Crippen molar-refractivity contribution >= 4 is 17.6 Å². The van der Waals surface area contributed by atoms with Gasteiger partial charge in [0.2, 0.25) is 0 Å². The van der Waals surface area contributed by atoms with Crippen LogP contribution in [-0.4, -0.2) is 29.4 Å². The molecule has 6 nitrogen and oxygen atoms in total. The van der Waals surface area contributed by atoms with Gasteiger partial charge in [-0.3, -0.25) is 0 Å². The molecule has 0 radical (unpaired) electrons. The van der Waals surface area contributed by atoms with E-state index in [1.807, 2.05) is 13.8 Å². The van der Waals surface area contributed by atoms with Crippen molar-refractivity contribution in [1.29, 1.82) is 0 Å². The minimum absolute atomic E-state index is 0.0373. The number of methoxy groups -OCH3 is 1. The van der Waals surface area contributed by atoms with Crippen LogP contribution in [0.2, 0.25) is 5.02 Å². The molecule has 1 N–H and O–H groups in total.